The molecule has 8 aromatic rings. The zero-order valence-electron chi connectivity index (χ0n) is 29.2. The molecule has 2 aliphatic rings. The number of benzene rings is 8. The smallest absolute Gasteiger partial charge is 0.155 e. The first-order valence-electron chi connectivity index (χ1n) is 17.8. The summed E-state index contributed by atoms with van der Waals surface area (Å²) in [5, 5.41) is 7.44. The number of anilines is 3. The van der Waals surface area contributed by atoms with Crippen LogP contribution in [0.5, 0.6) is 23.0 Å². The van der Waals surface area contributed by atoms with Crippen LogP contribution in [0.3, 0.4) is 0 Å². The molecule has 0 aromatic heterocycles. The Morgan fingerprint density at radius 3 is 1.25 bits per heavy atom. The largest absolute Gasteiger partial charge is 0.455 e. The van der Waals surface area contributed by atoms with Crippen molar-refractivity contribution in [3.8, 4) is 23.0 Å². The van der Waals surface area contributed by atoms with Crippen LogP contribution in [0, 0.1) is 0 Å². The summed E-state index contributed by atoms with van der Waals surface area (Å²) in [5.41, 5.74) is 7.10. The van der Waals surface area contributed by atoms with Crippen LogP contribution in [-0.2, 0) is 10.8 Å². The molecule has 3 nitrogen and oxygen atoms in total. The van der Waals surface area contributed by atoms with E-state index in [-0.39, 0.29) is 10.8 Å². The Morgan fingerprint density at radius 2 is 0.765 bits per heavy atom. The van der Waals surface area contributed by atoms with E-state index in [1.54, 1.807) is 0 Å². The minimum atomic E-state index is -0.266. The first-order chi connectivity index (χ1) is 24.8. The van der Waals surface area contributed by atoms with Crippen molar-refractivity contribution >= 4 is 49.4 Å². The fraction of sp³-hybridized carbons (Fsp3) is 0.125. The van der Waals surface area contributed by atoms with Crippen LogP contribution in [0.25, 0.3) is 32.3 Å². The maximum atomic E-state index is 6.94. The molecule has 0 amide bonds. The molecular formula is C48H37NO2. The molecule has 2 heterocycles. The van der Waals surface area contributed by atoms with E-state index < -0.39 is 0 Å². The van der Waals surface area contributed by atoms with Gasteiger partial charge in [-0.3, -0.25) is 0 Å². The highest BCUT2D eigenvalue weighted by atomic mass is 16.5. The van der Waals surface area contributed by atoms with Gasteiger partial charge in [0.25, 0.3) is 0 Å². The Kier molecular flexibility index (Phi) is 6.27. The second-order valence-corrected chi connectivity index (χ2v) is 14.9. The number of ether oxygens (including phenoxy) is 2. The average molecular weight is 660 g/mol. The first-order valence-corrected chi connectivity index (χ1v) is 17.8. The van der Waals surface area contributed by atoms with E-state index in [0.717, 1.165) is 51.2 Å². The van der Waals surface area contributed by atoms with Gasteiger partial charge in [-0.05, 0) is 68.7 Å². The van der Waals surface area contributed by atoms with Gasteiger partial charge >= 0.3 is 0 Å². The van der Waals surface area contributed by atoms with Gasteiger partial charge in [-0.2, -0.15) is 0 Å². The summed E-state index contributed by atoms with van der Waals surface area (Å²) in [7, 11) is 0. The van der Waals surface area contributed by atoms with Crippen molar-refractivity contribution in [2.45, 2.75) is 38.5 Å². The molecule has 0 saturated carbocycles. The number of para-hydroxylation sites is 4. The molecule has 0 saturated heterocycles. The van der Waals surface area contributed by atoms with E-state index in [1.807, 2.05) is 0 Å². The van der Waals surface area contributed by atoms with Crippen molar-refractivity contribution in [3.63, 3.8) is 0 Å². The Balaban J connectivity index is 1.28. The van der Waals surface area contributed by atoms with Gasteiger partial charge in [0.2, 0.25) is 0 Å². The Bertz CT molecular complexity index is 2580. The van der Waals surface area contributed by atoms with Crippen molar-refractivity contribution in [3.05, 3.63) is 174 Å². The highest BCUT2D eigenvalue weighted by Gasteiger charge is 2.39. The van der Waals surface area contributed by atoms with Crippen LogP contribution in [0.2, 0.25) is 0 Å². The normalized spacial score (nSPS) is 14.9. The van der Waals surface area contributed by atoms with Gasteiger partial charge in [0, 0.05) is 38.8 Å². The predicted octanol–water partition coefficient (Wildman–Crippen LogP) is 13.5. The van der Waals surface area contributed by atoms with Crippen molar-refractivity contribution in [1.82, 2.24) is 0 Å². The fourth-order valence-corrected chi connectivity index (χ4v) is 8.70. The predicted molar refractivity (Wildman–Crippen MR) is 211 cm³/mol. The summed E-state index contributed by atoms with van der Waals surface area (Å²) in [6.07, 6.45) is 0. The van der Waals surface area contributed by atoms with E-state index in [0.29, 0.717) is 0 Å². The third kappa shape index (κ3) is 4.24. The molecule has 0 atom stereocenters. The molecule has 0 fully saturated rings. The molecule has 51 heavy (non-hydrogen) atoms. The van der Waals surface area contributed by atoms with Crippen LogP contribution in [0.15, 0.2) is 152 Å². The van der Waals surface area contributed by atoms with Crippen LogP contribution < -0.4 is 14.4 Å². The lowest BCUT2D eigenvalue weighted by Crippen LogP contribution is -2.27. The molecule has 2 aliphatic heterocycles. The van der Waals surface area contributed by atoms with Gasteiger partial charge in [0.1, 0.15) is 11.5 Å². The van der Waals surface area contributed by atoms with Crippen LogP contribution in [0.4, 0.5) is 17.1 Å². The second-order valence-electron chi connectivity index (χ2n) is 14.9. The summed E-state index contributed by atoms with van der Waals surface area (Å²) in [5.74, 6) is 3.50. The number of fused-ring (bicyclic) bond motifs is 10. The lowest BCUT2D eigenvalue weighted by atomic mass is 9.75. The van der Waals surface area contributed by atoms with Gasteiger partial charge in [-0.25, -0.2) is 0 Å². The van der Waals surface area contributed by atoms with Crippen molar-refractivity contribution in [1.29, 1.82) is 0 Å². The third-order valence-electron chi connectivity index (χ3n) is 11.3. The number of nitrogens with zero attached hydrogens (tertiary/aromatic N) is 1. The summed E-state index contributed by atoms with van der Waals surface area (Å²) in [6, 6.07) is 54.4. The quantitative estimate of drug-likeness (QED) is 0.176. The molecular weight excluding hydrogens is 623 g/mol. The number of hydrogen-bond donors (Lipinski definition) is 0. The Hall–Kier alpha value is -6.06. The van der Waals surface area contributed by atoms with E-state index in [9.17, 15) is 0 Å². The molecule has 10 rings (SSSR count). The monoisotopic (exact) mass is 659 g/mol. The fourth-order valence-electron chi connectivity index (χ4n) is 8.70. The number of rotatable bonds is 3. The minimum Gasteiger partial charge on any atom is -0.455 e. The van der Waals surface area contributed by atoms with Crippen molar-refractivity contribution in [2.75, 3.05) is 4.90 Å². The first kappa shape index (κ1) is 29.8. The van der Waals surface area contributed by atoms with Gasteiger partial charge in [0.05, 0.1) is 11.4 Å². The lowest BCUT2D eigenvalue weighted by molar-refractivity contribution is 0.416. The second kappa shape index (κ2) is 10.7. The van der Waals surface area contributed by atoms with Crippen molar-refractivity contribution < 1.29 is 9.47 Å². The molecule has 0 unspecified atom stereocenters. The summed E-state index contributed by atoms with van der Waals surface area (Å²) in [4.78, 5) is 2.36. The van der Waals surface area contributed by atoms with Crippen LogP contribution >= 0.6 is 0 Å². The van der Waals surface area contributed by atoms with Gasteiger partial charge < -0.3 is 14.4 Å². The van der Waals surface area contributed by atoms with E-state index in [1.165, 1.54) is 43.4 Å². The molecule has 0 radical (unpaired) electrons. The lowest BCUT2D eigenvalue weighted by Gasteiger charge is -2.39. The minimum absolute atomic E-state index is 0.266. The molecule has 3 heteroatoms. The molecule has 8 aromatic carbocycles. The molecule has 0 bridgehead atoms. The van der Waals surface area contributed by atoms with E-state index in [2.05, 4.69) is 184 Å². The van der Waals surface area contributed by atoms with Gasteiger partial charge in [-0.15, -0.1) is 0 Å². The topological polar surface area (TPSA) is 21.7 Å². The maximum absolute atomic E-state index is 6.94. The summed E-state index contributed by atoms with van der Waals surface area (Å²) >= 11 is 0. The molecule has 0 spiro atoms. The third-order valence-corrected chi connectivity index (χ3v) is 11.3. The van der Waals surface area contributed by atoms with Gasteiger partial charge in [-0.1, -0.05) is 143 Å². The van der Waals surface area contributed by atoms with Crippen LogP contribution in [0.1, 0.15) is 49.9 Å². The summed E-state index contributed by atoms with van der Waals surface area (Å²) < 4.78 is 13.9. The SMILES string of the molecule is CC1(C)c2ccccc2Oc2c(N(c3ccc4c5ccccc5c5ccccc5c4c3)c3cccc4c3Oc3ccccc3C4(C)C)cccc21. The standard InChI is InChI=1S/C48H37NO2/c1-47(2)37-19-9-11-25-43(37)50-45-39(47)21-13-23-41(45)49(42-24-14-22-40-46(42)51-44-26-12-10-20-38(44)48(40,3)4)30-27-28-35-33-17-6-5-15-31(33)32-16-7-8-18-34(32)36(35)29-30/h5-29H,1-4H3. The van der Waals surface area contributed by atoms with Gasteiger partial charge in [0.15, 0.2) is 11.5 Å². The molecule has 246 valence electrons. The highest BCUT2D eigenvalue weighted by molar-refractivity contribution is 6.25. The molecule has 0 N–H and O–H groups in total. The van der Waals surface area contributed by atoms with Crippen molar-refractivity contribution in [2.24, 2.45) is 0 Å². The Labute approximate surface area is 298 Å². The van der Waals surface area contributed by atoms with E-state index in [4.69, 9.17) is 9.47 Å². The highest BCUT2D eigenvalue weighted by Crippen LogP contribution is 2.57. The Morgan fingerprint density at radius 1 is 0.373 bits per heavy atom. The zero-order chi connectivity index (χ0) is 34.5. The summed E-state index contributed by atoms with van der Waals surface area (Å²) in [6.45, 7) is 9.17. The number of hydrogen-bond acceptors (Lipinski definition) is 3. The van der Waals surface area contributed by atoms with E-state index >= 15 is 0 Å². The maximum Gasteiger partial charge on any atom is 0.155 e. The van der Waals surface area contributed by atoms with Crippen LogP contribution in [-0.4, -0.2) is 0 Å². The average Bonchev–Trinajstić information content (AvgIpc) is 3.16. The molecule has 0 aliphatic carbocycles. The zero-order valence-corrected chi connectivity index (χ0v) is 29.2.